The molecule has 0 spiro atoms. The second kappa shape index (κ2) is 7.69. The second-order valence-electron chi connectivity index (χ2n) is 9.31. The molecule has 0 radical (unpaired) electrons. The van der Waals surface area contributed by atoms with Crippen LogP contribution in [0.5, 0.6) is 0 Å². The fourth-order valence-corrected chi connectivity index (χ4v) is 4.40. The van der Waals surface area contributed by atoms with Crippen molar-refractivity contribution in [2.45, 2.75) is 58.5 Å². The summed E-state index contributed by atoms with van der Waals surface area (Å²) in [4.78, 5) is 39.8. The molecule has 2 aliphatic rings. The Morgan fingerprint density at radius 2 is 1.76 bits per heavy atom. The number of carboxylic acid groups (broad SMARTS) is 1. The molecule has 1 aliphatic carbocycles. The Labute approximate surface area is 171 Å². The maximum absolute atomic E-state index is 13.5. The summed E-state index contributed by atoms with van der Waals surface area (Å²) in [6.07, 6.45) is 0.567. The SMILES string of the molecule is CCC1CN(C(=O)O)CC(C(C)(C)C)N1C(=O)[C@@H]1C[C@H]1c1ccc(C(N)=O)cc1. The molecule has 7 nitrogen and oxygen atoms in total. The van der Waals surface area contributed by atoms with Crippen LogP contribution in [0.4, 0.5) is 4.79 Å². The number of carbonyl (C=O) groups is 3. The number of benzene rings is 1. The standard InChI is InChI=1S/C22H31N3O4/c1-5-15-11-24(21(28)29)12-18(22(2,3)4)25(15)20(27)17-10-16(17)13-6-8-14(9-7-13)19(23)26/h6-9,15-18H,5,10-12H2,1-4H3,(H2,23,26)(H,28,29)/t15?,16-,17+,18?/m0/s1. The molecule has 1 saturated heterocycles. The number of amides is 3. The zero-order valence-corrected chi connectivity index (χ0v) is 17.6. The van der Waals surface area contributed by atoms with Gasteiger partial charge in [0.05, 0.1) is 6.04 Å². The van der Waals surface area contributed by atoms with Gasteiger partial charge in [0.15, 0.2) is 0 Å². The number of nitrogens with two attached hydrogens (primary N) is 1. The average molecular weight is 402 g/mol. The Kier molecular flexibility index (Phi) is 5.61. The molecule has 1 aliphatic heterocycles. The van der Waals surface area contributed by atoms with E-state index in [1.165, 1.54) is 4.90 Å². The Morgan fingerprint density at radius 3 is 2.24 bits per heavy atom. The molecule has 29 heavy (non-hydrogen) atoms. The van der Waals surface area contributed by atoms with Gasteiger partial charge in [0.2, 0.25) is 11.8 Å². The van der Waals surface area contributed by atoms with E-state index in [-0.39, 0.29) is 35.2 Å². The number of carbonyl (C=O) groups excluding carboxylic acids is 2. The van der Waals surface area contributed by atoms with E-state index >= 15 is 0 Å². The minimum atomic E-state index is -0.927. The molecule has 7 heteroatoms. The summed E-state index contributed by atoms with van der Waals surface area (Å²) >= 11 is 0. The third kappa shape index (κ3) is 4.23. The van der Waals surface area contributed by atoms with Crippen LogP contribution in [0.2, 0.25) is 0 Å². The Hall–Kier alpha value is -2.57. The first-order valence-corrected chi connectivity index (χ1v) is 10.2. The highest BCUT2D eigenvalue weighted by molar-refractivity contribution is 5.92. The maximum Gasteiger partial charge on any atom is 0.407 e. The number of nitrogens with zero attached hydrogens (tertiary/aromatic N) is 2. The topological polar surface area (TPSA) is 104 Å². The van der Waals surface area contributed by atoms with E-state index in [0.29, 0.717) is 25.1 Å². The molecule has 3 amide bonds. The van der Waals surface area contributed by atoms with Gasteiger partial charge in [0.1, 0.15) is 0 Å². The van der Waals surface area contributed by atoms with Crippen molar-refractivity contribution in [2.75, 3.05) is 13.1 Å². The molecule has 0 bridgehead atoms. The highest BCUT2D eigenvalue weighted by Crippen LogP contribution is 2.50. The van der Waals surface area contributed by atoms with Crippen LogP contribution in [-0.4, -0.2) is 58.0 Å². The average Bonchev–Trinajstić information content (AvgIpc) is 3.46. The minimum absolute atomic E-state index is 0.0929. The van der Waals surface area contributed by atoms with Gasteiger partial charge in [-0.3, -0.25) is 9.59 Å². The fourth-order valence-electron chi connectivity index (χ4n) is 4.40. The molecule has 1 saturated carbocycles. The van der Waals surface area contributed by atoms with Crippen molar-refractivity contribution < 1.29 is 19.5 Å². The van der Waals surface area contributed by atoms with Crippen LogP contribution in [0.25, 0.3) is 0 Å². The van der Waals surface area contributed by atoms with E-state index in [9.17, 15) is 19.5 Å². The lowest BCUT2D eigenvalue weighted by atomic mass is 9.82. The lowest BCUT2D eigenvalue weighted by molar-refractivity contribution is -0.145. The molecule has 4 atom stereocenters. The van der Waals surface area contributed by atoms with E-state index in [2.05, 4.69) is 20.8 Å². The van der Waals surface area contributed by atoms with Crippen LogP contribution in [0, 0.1) is 11.3 Å². The summed E-state index contributed by atoms with van der Waals surface area (Å²) in [5.74, 6) is -0.300. The van der Waals surface area contributed by atoms with Crippen LogP contribution in [-0.2, 0) is 4.79 Å². The first-order chi connectivity index (χ1) is 13.5. The van der Waals surface area contributed by atoms with Crippen molar-refractivity contribution in [1.82, 2.24) is 9.80 Å². The number of hydrogen-bond acceptors (Lipinski definition) is 3. The summed E-state index contributed by atoms with van der Waals surface area (Å²) in [5.41, 5.74) is 6.57. The molecule has 0 aromatic heterocycles. The number of piperazine rings is 1. The van der Waals surface area contributed by atoms with Crippen LogP contribution < -0.4 is 5.73 Å². The van der Waals surface area contributed by atoms with Gasteiger partial charge >= 0.3 is 6.09 Å². The van der Waals surface area contributed by atoms with Crippen LogP contribution in [0.15, 0.2) is 24.3 Å². The normalized spacial score (nSPS) is 26.9. The van der Waals surface area contributed by atoms with E-state index in [1.807, 2.05) is 24.0 Å². The van der Waals surface area contributed by atoms with Gasteiger partial charge < -0.3 is 20.6 Å². The third-order valence-corrected chi connectivity index (χ3v) is 6.28. The van der Waals surface area contributed by atoms with Crippen LogP contribution in [0.1, 0.15) is 62.4 Å². The molecule has 3 N–H and O–H groups in total. The van der Waals surface area contributed by atoms with Gasteiger partial charge in [-0.2, -0.15) is 0 Å². The third-order valence-electron chi connectivity index (χ3n) is 6.28. The molecule has 3 rings (SSSR count). The number of rotatable bonds is 4. The molecular formula is C22H31N3O4. The van der Waals surface area contributed by atoms with Gasteiger partial charge in [-0.25, -0.2) is 4.79 Å². The van der Waals surface area contributed by atoms with Crippen molar-refractivity contribution in [3.63, 3.8) is 0 Å². The zero-order valence-electron chi connectivity index (χ0n) is 17.6. The molecule has 1 aromatic rings. The quantitative estimate of drug-likeness (QED) is 0.809. The second-order valence-corrected chi connectivity index (χ2v) is 9.31. The summed E-state index contributed by atoms with van der Waals surface area (Å²) in [7, 11) is 0. The summed E-state index contributed by atoms with van der Waals surface area (Å²) < 4.78 is 0. The van der Waals surface area contributed by atoms with Gasteiger partial charge in [-0.15, -0.1) is 0 Å². The molecular weight excluding hydrogens is 370 g/mol. The van der Waals surface area contributed by atoms with E-state index in [0.717, 1.165) is 12.0 Å². The van der Waals surface area contributed by atoms with Crippen molar-refractivity contribution in [2.24, 2.45) is 17.1 Å². The van der Waals surface area contributed by atoms with Crippen molar-refractivity contribution in [1.29, 1.82) is 0 Å². The fraction of sp³-hybridized carbons (Fsp3) is 0.591. The Morgan fingerprint density at radius 1 is 1.14 bits per heavy atom. The zero-order chi connectivity index (χ0) is 21.5. The van der Waals surface area contributed by atoms with E-state index in [1.54, 1.807) is 12.1 Å². The monoisotopic (exact) mass is 401 g/mol. The lowest BCUT2D eigenvalue weighted by Gasteiger charge is -2.51. The number of hydrogen-bond donors (Lipinski definition) is 2. The predicted molar refractivity (Wildman–Crippen MR) is 110 cm³/mol. The first kappa shape index (κ1) is 21.1. The van der Waals surface area contributed by atoms with Gasteiger partial charge in [0, 0.05) is 30.6 Å². The smallest absolute Gasteiger partial charge is 0.407 e. The molecule has 2 fully saturated rings. The largest absolute Gasteiger partial charge is 0.465 e. The first-order valence-electron chi connectivity index (χ1n) is 10.2. The molecule has 2 unspecified atom stereocenters. The summed E-state index contributed by atoms with van der Waals surface area (Å²) in [6.45, 7) is 8.87. The van der Waals surface area contributed by atoms with Gasteiger partial charge in [0.25, 0.3) is 0 Å². The predicted octanol–water partition coefficient (Wildman–Crippen LogP) is 2.90. The molecule has 1 heterocycles. The van der Waals surface area contributed by atoms with Gasteiger partial charge in [-0.1, -0.05) is 39.8 Å². The van der Waals surface area contributed by atoms with Crippen LogP contribution in [0.3, 0.4) is 0 Å². The maximum atomic E-state index is 13.5. The lowest BCUT2D eigenvalue weighted by Crippen LogP contribution is -2.65. The number of primary amides is 1. The molecule has 1 aromatic carbocycles. The van der Waals surface area contributed by atoms with E-state index in [4.69, 9.17) is 5.73 Å². The van der Waals surface area contributed by atoms with Crippen molar-refractivity contribution in [3.8, 4) is 0 Å². The van der Waals surface area contributed by atoms with Gasteiger partial charge in [-0.05, 0) is 41.9 Å². The Balaban J connectivity index is 1.80. The molecule has 158 valence electrons. The Bertz CT molecular complexity index is 799. The summed E-state index contributed by atoms with van der Waals surface area (Å²) in [5, 5.41) is 9.52. The summed E-state index contributed by atoms with van der Waals surface area (Å²) in [6, 6.07) is 6.88. The van der Waals surface area contributed by atoms with Crippen molar-refractivity contribution >= 4 is 17.9 Å². The highest BCUT2D eigenvalue weighted by atomic mass is 16.4. The van der Waals surface area contributed by atoms with Crippen LogP contribution >= 0.6 is 0 Å². The van der Waals surface area contributed by atoms with E-state index < -0.39 is 12.0 Å². The van der Waals surface area contributed by atoms with Crippen molar-refractivity contribution in [3.05, 3.63) is 35.4 Å². The highest BCUT2D eigenvalue weighted by Gasteiger charge is 2.51. The minimum Gasteiger partial charge on any atom is -0.465 e.